The van der Waals surface area contributed by atoms with Gasteiger partial charge in [-0.15, -0.1) is 0 Å². The number of nitrogens with one attached hydrogen (secondary N) is 1. The van der Waals surface area contributed by atoms with Gasteiger partial charge in [-0.05, 0) is 44.0 Å². The normalized spacial score (nSPS) is 11.4. The van der Waals surface area contributed by atoms with Crippen LogP contribution in [0.2, 0.25) is 0 Å². The van der Waals surface area contributed by atoms with E-state index in [1.807, 2.05) is 13.8 Å². The van der Waals surface area contributed by atoms with E-state index < -0.39 is 10.0 Å². The van der Waals surface area contributed by atoms with Crippen molar-refractivity contribution in [2.75, 3.05) is 6.54 Å². The van der Waals surface area contributed by atoms with Crippen LogP contribution in [0.1, 0.15) is 18.1 Å². The molecule has 0 atom stereocenters. The third-order valence-electron chi connectivity index (χ3n) is 2.30. The van der Waals surface area contributed by atoms with E-state index in [2.05, 4.69) is 4.72 Å². The number of Topliss-reactive ketones (excluding diaryl/α,β-unsaturated/α-hetero) is 1. The van der Waals surface area contributed by atoms with Gasteiger partial charge in [-0.3, -0.25) is 4.79 Å². The minimum absolute atomic E-state index is 0.171. The molecule has 16 heavy (non-hydrogen) atoms. The van der Waals surface area contributed by atoms with E-state index in [0.29, 0.717) is 0 Å². The van der Waals surface area contributed by atoms with Crippen molar-refractivity contribution in [3.05, 3.63) is 29.3 Å². The Bertz CT molecular complexity index is 506. The lowest BCUT2D eigenvalue weighted by atomic mass is 10.1. The average Bonchev–Trinajstić information content (AvgIpc) is 2.19. The molecule has 0 fully saturated rings. The first-order valence-corrected chi connectivity index (χ1v) is 6.37. The van der Waals surface area contributed by atoms with Gasteiger partial charge in [-0.2, -0.15) is 0 Å². The first kappa shape index (κ1) is 12.9. The summed E-state index contributed by atoms with van der Waals surface area (Å²) in [4.78, 5) is 10.9. The second kappa shape index (κ2) is 4.76. The van der Waals surface area contributed by atoms with E-state index in [4.69, 9.17) is 0 Å². The molecule has 5 heteroatoms. The van der Waals surface area contributed by atoms with Gasteiger partial charge < -0.3 is 0 Å². The molecule has 88 valence electrons. The predicted octanol–water partition coefficient (Wildman–Crippen LogP) is 1.17. The first-order valence-electron chi connectivity index (χ1n) is 4.89. The van der Waals surface area contributed by atoms with Gasteiger partial charge in [-0.1, -0.05) is 6.07 Å². The van der Waals surface area contributed by atoms with Crippen molar-refractivity contribution in [3.8, 4) is 0 Å². The van der Waals surface area contributed by atoms with Gasteiger partial charge in [-0.25, -0.2) is 13.1 Å². The van der Waals surface area contributed by atoms with E-state index in [1.165, 1.54) is 13.0 Å². The Hall–Kier alpha value is -1.20. The molecule has 0 radical (unpaired) electrons. The van der Waals surface area contributed by atoms with Crippen LogP contribution in [0.3, 0.4) is 0 Å². The number of rotatable bonds is 4. The molecule has 0 aliphatic carbocycles. The minimum atomic E-state index is -3.57. The molecule has 0 heterocycles. The molecule has 1 N–H and O–H groups in total. The highest BCUT2D eigenvalue weighted by atomic mass is 32.2. The standard InChI is InChI=1S/C11H15NO3S/c1-8-4-5-11(6-9(8)2)16(14,15)12-7-10(3)13/h4-6,12H,7H2,1-3H3. The number of aryl methyl sites for hydroxylation is 2. The topological polar surface area (TPSA) is 63.2 Å². The van der Waals surface area contributed by atoms with Crippen LogP contribution in [0.15, 0.2) is 23.1 Å². The van der Waals surface area contributed by atoms with E-state index in [0.717, 1.165) is 11.1 Å². The fourth-order valence-electron chi connectivity index (χ4n) is 1.16. The number of sulfonamides is 1. The molecule has 0 bridgehead atoms. The van der Waals surface area contributed by atoms with Crippen molar-refractivity contribution < 1.29 is 13.2 Å². The maximum Gasteiger partial charge on any atom is 0.240 e. The summed E-state index contributed by atoms with van der Waals surface area (Å²) < 4.78 is 25.7. The Morgan fingerprint density at radius 1 is 1.25 bits per heavy atom. The number of hydrogen-bond donors (Lipinski definition) is 1. The Kier molecular flexibility index (Phi) is 3.83. The largest absolute Gasteiger partial charge is 0.299 e. The van der Waals surface area contributed by atoms with E-state index in [9.17, 15) is 13.2 Å². The van der Waals surface area contributed by atoms with Crippen molar-refractivity contribution >= 4 is 15.8 Å². The van der Waals surface area contributed by atoms with Gasteiger partial charge >= 0.3 is 0 Å². The quantitative estimate of drug-likeness (QED) is 0.860. The molecule has 0 amide bonds. The summed E-state index contributed by atoms with van der Waals surface area (Å²) >= 11 is 0. The van der Waals surface area contributed by atoms with Crippen molar-refractivity contribution in [2.24, 2.45) is 0 Å². The van der Waals surface area contributed by atoms with Gasteiger partial charge in [0.2, 0.25) is 10.0 Å². The maximum absolute atomic E-state index is 11.7. The van der Waals surface area contributed by atoms with Crippen molar-refractivity contribution in [2.45, 2.75) is 25.7 Å². The molecule has 0 saturated carbocycles. The van der Waals surface area contributed by atoms with Gasteiger partial charge in [0.15, 0.2) is 0 Å². The van der Waals surface area contributed by atoms with Gasteiger partial charge in [0.25, 0.3) is 0 Å². The van der Waals surface area contributed by atoms with Gasteiger partial charge in [0, 0.05) is 0 Å². The summed E-state index contributed by atoms with van der Waals surface area (Å²) in [5, 5.41) is 0. The summed E-state index contributed by atoms with van der Waals surface area (Å²) in [6.45, 7) is 4.92. The summed E-state index contributed by atoms with van der Waals surface area (Å²) in [5.74, 6) is -0.215. The lowest BCUT2D eigenvalue weighted by Crippen LogP contribution is -2.28. The smallest absolute Gasteiger partial charge is 0.240 e. The zero-order valence-corrected chi connectivity index (χ0v) is 10.4. The predicted molar refractivity (Wildman–Crippen MR) is 61.8 cm³/mol. The second-order valence-corrected chi connectivity index (χ2v) is 5.54. The molecule has 0 aromatic heterocycles. The molecule has 1 rings (SSSR count). The minimum Gasteiger partial charge on any atom is -0.299 e. The number of carbonyl (C=O) groups is 1. The third-order valence-corrected chi connectivity index (χ3v) is 3.70. The molecule has 0 saturated heterocycles. The lowest BCUT2D eigenvalue weighted by molar-refractivity contribution is -0.115. The van der Waals surface area contributed by atoms with Gasteiger partial charge in [0.1, 0.15) is 5.78 Å². The highest BCUT2D eigenvalue weighted by Crippen LogP contribution is 2.14. The number of benzene rings is 1. The highest BCUT2D eigenvalue weighted by molar-refractivity contribution is 7.89. The summed E-state index contributed by atoms with van der Waals surface area (Å²) in [7, 11) is -3.57. The number of ketones is 1. The van der Waals surface area contributed by atoms with Crippen molar-refractivity contribution in [1.29, 1.82) is 0 Å². The van der Waals surface area contributed by atoms with Crippen LogP contribution < -0.4 is 4.72 Å². The third kappa shape index (κ3) is 3.15. The molecular formula is C11H15NO3S. The first-order chi connectivity index (χ1) is 7.33. The van der Waals surface area contributed by atoms with Crippen molar-refractivity contribution in [3.63, 3.8) is 0 Å². The molecule has 1 aromatic carbocycles. The van der Waals surface area contributed by atoms with Crippen LogP contribution in [0.5, 0.6) is 0 Å². The van der Waals surface area contributed by atoms with E-state index in [-0.39, 0.29) is 17.2 Å². The van der Waals surface area contributed by atoms with Crippen LogP contribution in [-0.2, 0) is 14.8 Å². The maximum atomic E-state index is 11.7. The molecule has 4 nitrogen and oxygen atoms in total. The SMILES string of the molecule is CC(=O)CNS(=O)(=O)c1ccc(C)c(C)c1. The Labute approximate surface area is 95.7 Å². The van der Waals surface area contributed by atoms with Crippen LogP contribution in [-0.4, -0.2) is 20.7 Å². The zero-order valence-electron chi connectivity index (χ0n) is 9.57. The van der Waals surface area contributed by atoms with E-state index >= 15 is 0 Å². The fourth-order valence-corrected chi connectivity index (χ4v) is 2.30. The van der Waals surface area contributed by atoms with Crippen LogP contribution in [0.4, 0.5) is 0 Å². The Morgan fingerprint density at radius 2 is 1.88 bits per heavy atom. The number of hydrogen-bond acceptors (Lipinski definition) is 3. The summed E-state index contributed by atoms with van der Waals surface area (Å²) in [6.07, 6.45) is 0. The summed E-state index contributed by atoms with van der Waals surface area (Å²) in [6, 6.07) is 4.88. The lowest BCUT2D eigenvalue weighted by Gasteiger charge is -2.07. The fraction of sp³-hybridized carbons (Fsp3) is 0.364. The molecule has 0 aliphatic heterocycles. The van der Waals surface area contributed by atoms with E-state index in [1.54, 1.807) is 12.1 Å². The molecule has 0 unspecified atom stereocenters. The zero-order chi connectivity index (χ0) is 12.3. The number of carbonyl (C=O) groups excluding carboxylic acids is 1. The van der Waals surface area contributed by atoms with Crippen LogP contribution in [0, 0.1) is 13.8 Å². The average molecular weight is 241 g/mol. The molecule has 0 aliphatic rings. The monoisotopic (exact) mass is 241 g/mol. The Balaban J connectivity index is 2.99. The highest BCUT2D eigenvalue weighted by Gasteiger charge is 2.14. The second-order valence-electron chi connectivity index (χ2n) is 3.77. The van der Waals surface area contributed by atoms with Crippen molar-refractivity contribution in [1.82, 2.24) is 4.72 Å². The van der Waals surface area contributed by atoms with Gasteiger partial charge in [0.05, 0.1) is 11.4 Å². The molecule has 1 aromatic rings. The van der Waals surface area contributed by atoms with Crippen LogP contribution in [0.25, 0.3) is 0 Å². The summed E-state index contributed by atoms with van der Waals surface area (Å²) in [5.41, 5.74) is 1.94. The molecular weight excluding hydrogens is 226 g/mol. The van der Waals surface area contributed by atoms with Crippen LogP contribution >= 0.6 is 0 Å². The molecule has 0 spiro atoms. The Morgan fingerprint density at radius 3 is 2.38 bits per heavy atom.